The van der Waals surface area contributed by atoms with Crippen molar-refractivity contribution in [3.63, 3.8) is 0 Å². The Morgan fingerprint density at radius 3 is 2.74 bits per heavy atom. The Hall–Kier alpha value is -2.22. The molecular weight excluding hydrogens is 348 g/mol. The predicted octanol–water partition coefficient (Wildman–Crippen LogP) is 0.604. The quantitative estimate of drug-likeness (QED) is 0.801. The van der Waals surface area contributed by atoms with E-state index in [4.69, 9.17) is 4.74 Å². The molecule has 0 spiro atoms. The van der Waals surface area contributed by atoms with E-state index in [2.05, 4.69) is 15.3 Å². The van der Waals surface area contributed by atoms with E-state index < -0.39 is 0 Å². The zero-order valence-corrected chi connectivity index (χ0v) is 16.4. The zero-order valence-electron chi connectivity index (χ0n) is 16.4. The topological polar surface area (TPSA) is 104 Å². The highest BCUT2D eigenvalue weighted by molar-refractivity contribution is 5.80. The van der Waals surface area contributed by atoms with E-state index in [-0.39, 0.29) is 41.5 Å². The molecule has 3 rings (SSSR count). The van der Waals surface area contributed by atoms with Gasteiger partial charge >= 0.3 is 0 Å². The first-order valence-electron chi connectivity index (χ1n) is 9.44. The minimum atomic E-state index is -0.363. The van der Waals surface area contributed by atoms with Crippen LogP contribution in [0, 0.1) is 13.8 Å². The number of aryl methyl sites for hydroxylation is 2. The van der Waals surface area contributed by atoms with Crippen LogP contribution >= 0.6 is 0 Å². The molecule has 2 aliphatic rings. The van der Waals surface area contributed by atoms with Gasteiger partial charge in [0.1, 0.15) is 5.82 Å². The summed E-state index contributed by atoms with van der Waals surface area (Å²) in [5.41, 5.74) is 0.374. The molecule has 0 unspecified atom stereocenters. The van der Waals surface area contributed by atoms with Crippen LogP contribution < -0.4 is 10.9 Å². The molecule has 1 aromatic heterocycles. The fourth-order valence-electron chi connectivity index (χ4n) is 4.62. The molecule has 0 bridgehead atoms. The van der Waals surface area contributed by atoms with Crippen molar-refractivity contribution in [2.45, 2.75) is 70.6 Å². The van der Waals surface area contributed by atoms with Crippen LogP contribution in [0.1, 0.15) is 49.7 Å². The van der Waals surface area contributed by atoms with Crippen LogP contribution in [0.3, 0.4) is 0 Å². The number of hydrogen-bond acceptors (Lipinski definition) is 5. The maximum Gasteiger partial charge on any atom is 0.254 e. The highest BCUT2D eigenvalue weighted by Crippen LogP contribution is 2.42. The van der Waals surface area contributed by atoms with E-state index in [0.717, 1.165) is 19.3 Å². The molecule has 1 saturated carbocycles. The van der Waals surface area contributed by atoms with Crippen molar-refractivity contribution in [3.05, 3.63) is 27.4 Å². The average Bonchev–Trinajstić information content (AvgIpc) is 2.97. The number of methoxy groups -OCH3 is 1. The second-order valence-corrected chi connectivity index (χ2v) is 7.69. The minimum absolute atomic E-state index is 0.0234. The van der Waals surface area contributed by atoms with E-state index in [1.165, 1.54) is 6.92 Å². The molecule has 2 N–H and O–H groups in total. The van der Waals surface area contributed by atoms with E-state index in [0.29, 0.717) is 30.0 Å². The maximum absolute atomic E-state index is 13.0. The van der Waals surface area contributed by atoms with E-state index >= 15 is 0 Å². The number of H-pyrrole nitrogens is 1. The minimum Gasteiger partial charge on any atom is -0.376 e. The molecule has 0 aromatic carbocycles. The second-order valence-electron chi connectivity index (χ2n) is 7.69. The first-order chi connectivity index (χ1) is 12.8. The van der Waals surface area contributed by atoms with Crippen LogP contribution in [0.15, 0.2) is 4.79 Å². The van der Waals surface area contributed by atoms with E-state index in [1.54, 1.807) is 21.0 Å². The Balaban J connectivity index is 1.80. The van der Waals surface area contributed by atoms with Crippen LogP contribution in [-0.2, 0) is 20.7 Å². The van der Waals surface area contributed by atoms with Crippen molar-refractivity contribution in [3.8, 4) is 0 Å². The number of amides is 2. The third kappa shape index (κ3) is 3.76. The molecule has 27 heavy (non-hydrogen) atoms. The Morgan fingerprint density at radius 2 is 2.11 bits per heavy atom. The van der Waals surface area contributed by atoms with Gasteiger partial charge in [0, 0.05) is 37.9 Å². The Morgan fingerprint density at radius 1 is 1.37 bits per heavy atom. The molecule has 1 aliphatic carbocycles. The average molecular weight is 376 g/mol. The summed E-state index contributed by atoms with van der Waals surface area (Å²) < 4.78 is 5.86. The molecule has 3 atom stereocenters. The van der Waals surface area contributed by atoms with Gasteiger partial charge < -0.3 is 19.9 Å². The zero-order chi connectivity index (χ0) is 19.8. The van der Waals surface area contributed by atoms with Crippen LogP contribution in [0.4, 0.5) is 0 Å². The van der Waals surface area contributed by atoms with Crippen LogP contribution in [-0.4, -0.2) is 58.0 Å². The third-order valence-electron chi connectivity index (χ3n) is 5.99. The highest BCUT2D eigenvalue weighted by atomic mass is 16.5. The maximum atomic E-state index is 13.0. The van der Waals surface area contributed by atoms with Crippen molar-refractivity contribution in [1.82, 2.24) is 20.2 Å². The molecule has 1 saturated heterocycles. The number of rotatable bonds is 4. The first-order valence-corrected chi connectivity index (χ1v) is 9.44. The third-order valence-corrected chi connectivity index (χ3v) is 5.99. The summed E-state index contributed by atoms with van der Waals surface area (Å²) in [5, 5.41) is 2.97. The van der Waals surface area contributed by atoms with Crippen LogP contribution in [0.2, 0.25) is 0 Å². The number of carbonyl (C=O) groups is 2. The van der Waals surface area contributed by atoms with Crippen LogP contribution in [0.5, 0.6) is 0 Å². The fraction of sp³-hybridized carbons (Fsp3) is 0.684. The van der Waals surface area contributed by atoms with Gasteiger partial charge in [-0.2, -0.15) is 0 Å². The lowest BCUT2D eigenvalue weighted by atomic mass is 9.78. The van der Waals surface area contributed by atoms with E-state index in [9.17, 15) is 14.4 Å². The number of aromatic amines is 1. The SMILES string of the molecule is CO[C@@]12CC[C@@H](NC(C)=O)C[C@@H]1N(C(=O)Cc1c(C)nc(C)[nH]c1=O)CC2. The molecule has 1 aliphatic heterocycles. The molecule has 148 valence electrons. The lowest BCUT2D eigenvalue weighted by molar-refractivity contribution is -0.137. The Labute approximate surface area is 158 Å². The number of fused-ring (bicyclic) bond motifs is 1. The van der Waals surface area contributed by atoms with Gasteiger partial charge in [-0.05, 0) is 39.5 Å². The number of aromatic nitrogens is 2. The molecule has 0 radical (unpaired) electrons. The van der Waals surface area contributed by atoms with Crippen molar-refractivity contribution >= 4 is 11.8 Å². The molecule has 8 heteroatoms. The predicted molar refractivity (Wildman–Crippen MR) is 99.3 cm³/mol. The summed E-state index contributed by atoms with van der Waals surface area (Å²) in [6.45, 7) is 5.58. The van der Waals surface area contributed by atoms with Crippen LogP contribution in [0.25, 0.3) is 0 Å². The van der Waals surface area contributed by atoms with Gasteiger partial charge in [-0.3, -0.25) is 14.4 Å². The van der Waals surface area contributed by atoms with E-state index in [1.807, 2.05) is 4.90 Å². The second kappa shape index (κ2) is 7.42. The molecular formula is C19H28N4O4. The molecule has 2 amide bonds. The Bertz CT molecular complexity index is 805. The lowest BCUT2D eigenvalue weighted by Gasteiger charge is -2.43. The number of ether oxygens (including phenoxy) is 1. The first kappa shape index (κ1) is 19.5. The number of nitrogens with one attached hydrogen (secondary N) is 2. The molecule has 1 aromatic rings. The highest BCUT2D eigenvalue weighted by Gasteiger charge is 2.52. The standard InChI is InChI=1S/C19H28N4O4/c1-11-15(18(26)21-12(2)20-11)10-17(25)23-8-7-19(27-4)6-5-14(9-16(19)23)22-13(3)24/h14,16H,5-10H2,1-4H3,(H,22,24)(H,20,21,26)/t14-,16+,19-/m1/s1. The van der Waals surface area contributed by atoms with Gasteiger partial charge in [0.05, 0.1) is 18.1 Å². The molecule has 2 heterocycles. The van der Waals surface area contributed by atoms with Gasteiger partial charge in [-0.1, -0.05) is 0 Å². The normalized spacial score (nSPS) is 27.3. The number of nitrogens with zero attached hydrogens (tertiary/aromatic N) is 2. The van der Waals surface area contributed by atoms with Gasteiger partial charge in [-0.15, -0.1) is 0 Å². The number of likely N-dealkylation sites (tertiary alicyclic amines) is 1. The summed E-state index contributed by atoms with van der Waals surface area (Å²) in [6.07, 6.45) is 3.10. The van der Waals surface area contributed by atoms with Crippen molar-refractivity contribution in [2.24, 2.45) is 0 Å². The summed E-state index contributed by atoms with van der Waals surface area (Å²) in [6, 6.07) is -0.0613. The summed E-state index contributed by atoms with van der Waals surface area (Å²) in [7, 11) is 1.69. The summed E-state index contributed by atoms with van der Waals surface area (Å²) in [5.74, 6) is 0.383. The molecule has 2 fully saturated rings. The van der Waals surface area contributed by atoms with Crippen molar-refractivity contribution in [1.29, 1.82) is 0 Å². The number of carbonyl (C=O) groups excluding carboxylic acids is 2. The monoisotopic (exact) mass is 376 g/mol. The largest absolute Gasteiger partial charge is 0.376 e. The molecule has 8 nitrogen and oxygen atoms in total. The fourth-order valence-corrected chi connectivity index (χ4v) is 4.62. The summed E-state index contributed by atoms with van der Waals surface area (Å²) in [4.78, 5) is 45.5. The van der Waals surface area contributed by atoms with Gasteiger partial charge in [0.15, 0.2) is 0 Å². The lowest BCUT2D eigenvalue weighted by Crippen LogP contribution is -2.55. The van der Waals surface area contributed by atoms with Crippen molar-refractivity contribution in [2.75, 3.05) is 13.7 Å². The van der Waals surface area contributed by atoms with Gasteiger partial charge in [0.2, 0.25) is 11.8 Å². The Kier molecular flexibility index (Phi) is 5.37. The van der Waals surface area contributed by atoms with Gasteiger partial charge in [0.25, 0.3) is 5.56 Å². The number of hydrogen-bond donors (Lipinski definition) is 2. The van der Waals surface area contributed by atoms with Crippen molar-refractivity contribution < 1.29 is 14.3 Å². The summed E-state index contributed by atoms with van der Waals surface area (Å²) >= 11 is 0. The smallest absolute Gasteiger partial charge is 0.254 e. The van der Waals surface area contributed by atoms with Gasteiger partial charge in [-0.25, -0.2) is 4.98 Å².